The van der Waals surface area contributed by atoms with Gasteiger partial charge in [-0.3, -0.25) is 4.39 Å². The first-order valence-corrected chi connectivity index (χ1v) is 7.99. The van der Waals surface area contributed by atoms with Gasteiger partial charge >= 0.3 is 0 Å². The summed E-state index contributed by atoms with van der Waals surface area (Å²) in [5.41, 5.74) is 0. The molecule has 0 aromatic carbocycles. The average Bonchev–Trinajstić information content (AvgIpc) is 2.76. The molecule has 1 aliphatic heterocycles. The van der Waals surface area contributed by atoms with Crippen molar-refractivity contribution in [2.75, 3.05) is 19.8 Å². The summed E-state index contributed by atoms with van der Waals surface area (Å²) < 4.78 is 39.1. The Balaban J connectivity index is 2.21. The standard InChI is InChI=1S/C10H13ClFNO2S2/c11-9-3-4-10(16-9)17(14,15)13-5-1-2-8(6-12)7-13/h3-4,8H,1-2,5-7H2. The predicted octanol–water partition coefficient (Wildman–Crippen LogP) is 2.77. The molecule has 17 heavy (non-hydrogen) atoms. The topological polar surface area (TPSA) is 37.4 Å². The summed E-state index contributed by atoms with van der Waals surface area (Å²) in [4.78, 5) is 0. The van der Waals surface area contributed by atoms with Gasteiger partial charge in [0.2, 0.25) is 0 Å². The van der Waals surface area contributed by atoms with Crippen molar-refractivity contribution in [1.29, 1.82) is 0 Å². The lowest BCUT2D eigenvalue weighted by molar-refractivity contribution is 0.226. The molecule has 1 atom stereocenters. The molecule has 7 heteroatoms. The van der Waals surface area contributed by atoms with E-state index in [4.69, 9.17) is 11.6 Å². The van der Waals surface area contributed by atoms with Crippen molar-refractivity contribution in [3.63, 3.8) is 0 Å². The lowest BCUT2D eigenvalue weighted by Gasteiger charge is -2.29. The van der Waals surface area contributed by atoms with E-state index in [0.29, 0.717) is 17.3 Å². The fraction of sp³-hybridized carbons (Fsp3) is 0.600. The van der Waals surface area contributed by atoms with Crippen molar-refractivity contribution in [1.82, 2.24) is 4.31 Å². The predicted molar refractivity (Wildman–Crippen MR) is 66.8 cm³/mol. The van der Waals surface area contributed by atoms with Crippen LogP contribution in [0.4, 0.5) is 4.39 Å². The van der Waals surface area contributed by atoms with E-state index in [0.717, 1.165) is 17.8 Å². The normalized spacial score (nSPS) is 22.8. The first-order valence-electron chi connectivity index (χ1n) is 5.35. The first kappa shape index (κ1) is 13.3. The Morgan fingerprint density at radius 2 is 2.29 bits per heavy atom. The van der Waals surface area contributed by atoms with Crippen LogP contribution in [0.25, 0.3) is 0 Å². The number of rotatable bonds is 3. The highest BCUT2D eigenvalue weighted by atomic mass is 35.5. The number of piperidine rings is 1. The Hall–Kier alpha value is -0.170. The van der Waals surface area contributed by atoms with E-state index in [9.17, 15) is 12.8 Å². The van der Waals surface area contributed by atoms with E-state index in [1.807, 2.05) is 0 Å². The monoisotopic (exact) mass is 297 g/mol. The molecule has 1 unspecified atom stereocenters. The second kappa shape index (κ2) is 5.22. The maximum atomic E-state index is 12.6. The first-order chi connectivity index (χ1) is 8.04. The minimum absolute atomic E-state index is 0.172. The maximum absolute atomic E-state index is 12.6. The van der Waals surface area contributed by atoms with Crippen molar-refractivity contribution in [2.45, 2.75) is 17.1 Å². The Bertz CT molecular complexity index is 488. The van der Waals surface area contributed by atoms with E-state index in [1.54, 1.807) is 6.07 Å². The molecule has 2 rings (SSSR count). The van der Waals surface area contributed by atoms with Gasteiger partial charge in [0.15, 0.2) is 0 Å². The summed E-state index contributed by atoms with van der Waals surface area (Å²) in [5.74, 6) is -0.172. The van der Waals surface area contributed by atoms with Gasteiger partial charge in [0.1, 0.15) is 4.21 Å². The van der Waals surface area contributed by atoms with E-state index >= 15 is 0 Å². The molecule has 1 aliphatic rings. The molecule has 1 aromatic rings. The highest BCUT2D eigenvalue weighted by Gasteiger charge is 2.31. The Kier molecular flexibility index (Phi) is 4.07. The summed E-state index contributed by atoms with van der Waals surface area (Å²) in [5, 5.41) is 0. The van der Waals surface area contributed by atoms with Gasteiger partial charge in [-0.25, -0.2) is 8.42 Å². The zero-order valence-corrected chi connectivity index (χ0v) is 11.5. The van der Waals surface area contributed by atoms with Crippen molar-refractivity contribution in [3.05, 3.63) is 16.5 Å². The van der Waals surface area contributed by atoms with Crippen LogP contribution < -0.4 is 0 Å². The van der Waals surface area contributed by atoms with Crippen LogP contribution in [-0.2, 0) is 10.0 Å². The van der Waals surface area contributed by atoms with Gasteiger partial charge in [0.05, 0.1) is 11.0 Å². The molecule has 1 aromatic heterocycles. The van der Waals surface area contributed by atoms with E-state index in [-0.39, 0.29) is 16.7 Å². The van der Waals surface area contributed by atoms with Crippen LogP contribution in [0.2, 0.25) is 4.34 Å². The van der Waals surface area contributed by atoms with Gasteiger partial charge in [-0.1, -0.05) is 11.6 Å². The molecule has 0 aliphatic carbocycles. The third-order valence-corrected chi connectivity index (χ3v) is 6.41. The maximum Gasteiger partial charge on any atom is 0.252 e. The Morgan fingerprint density at radius 3 is 2.88 bits per heavy atom. The van der Waals surface area contributed by atoms with Crippen LogP contribution >= 0.6 is 22.9 Å². The molecule has 0 bridgehead atoms. The van der Waals surface area contributed by atoms with Gasteiger partial charge in [-0.2, -0.15) is 4.31 Å². The second-order valence-electron chi connectivity index (χ2n) is 4.08. The van der Waals surface area contributed by atoms with Crippen molar-refractivity contribution < 1.29 is 12.8 Å². The van der Waals surface area contributed by atoms with E-state index < -0.39 is 16.7 Å². The van der Waals surface area contributed by atoms with Crippen LogP contribution in [0.5, 0.6) is 0 Å². The number of halogens is 2. The van der Waals surface area contributed by atoms with Crippen LogP contribution in [0, 0.1) is 5.92 Å². The average molecular weight is 298 g/mol. The Morgan fingerprint density at radius 1 is 1.53 bits per heavy atom. The van der Waals surface area contributed by atoms with E-state index in [1.165, 1.54) is 10.4 Å². The molecule has 0 amide bonds. The highest BCUT2D eigenvalue weighted by Crippen LogP contribution is 2.30. The fourth-order valence-corrected chi connectivity index (χ4v) is 5.13. The molecule has 1 fully saturated rings. The van der Waals surface area contributed by atoms with Gasteiger partial charge < -0.3 is 0 Å². The van der Waals surface area contributed by atoms with Crippen molar-refractivity contribution >= 4 is 33.0 Å². The van der Waals surface area contributed by atoms with Crippen molar-refractivity contribution in [3.8, 4) is 0 Å². The highest BCUT2D eigenvalue weighted by molar-refractivity contribution is 7.91. The number of hydrogen-bond acceptors (Lipinski definition) is 3. The number of alkyl halides is 1. The molecule has 0 spiro atoms. The lowest BCUT2D eigenvalue weighted by atomic mass is 10.0. The smallest absolute Gasteiger partial charge is 0.251 e. The lowest BCUT2D eigenvalue weighted by Crippen LogP contribution is -2.40. The largest absolute Gasteiger partial charge is 0.252 e. The quantitative estimate of drug-likeness (QED) is 0.860. The number of hydrogen-bond donors (Lipinski definition) is 0. The summed E-state index contributed by atoms with van der Waals surface area (Å²) in [7, 11) is -3.48. The molecular weight excluding hydrogens is 285 g/mol. The van der Waals surface area contributed by atoms with Gasteiger partial charge in [-0.05, 0) is 25.0 Å². The number of nitrogens with zero attached hydrogens (tertiary/aromatic N) is 1. The molecule has 0 N–H and O–H groups in total. The zero-order valence-electron chi connectivity index (χ0n) is 9.10. The fourth-order valence-electron chi connectivity index (χ4n) is 1.93. The second-order valence-corrected chi connectivity index (χ2v) is 7.96. The Labute approximate surface area is 109 Å². The van der Waals surface area contributed by atoms with Crippen LogP contribution in [0.15, 0.2) is 16.3 Å². The SMILES string of the molecule is O=S(=O)(c1ccc(Cl)s1)N1CCCC(CF)C1. The van der Waals surface area contributed by atoms with Gasteiger partial charge in [0, 0.05) is 19.0 Å². The van der Waals surface area contributed by atoms with Gasteiger partial charge in [0.25, 0.3) is 10.0 Å². The van der Waals surface area contributed by atoms with Crippen LogP contribution in [0.3, 0.4) is 0 Å². The summed E-state index contributed by atoms with van der Waals surface area (Å²) in [6.07, 6.45) is 1.47. The molecule has 96 valence electrons. The third-order valence-electron chi connectivity index (χ3n) is 2.84. The number of thiophene rings is 1. The molecular formula is C10H13ClFNO2S2. The summed E-state index contributed by atoms with van der Waals surface area (Å²) in [6.45, 7) is 0.278. The minimum atomic E-state index is -3.48. The van der Waals surface area contributed by atoms with Crippen molar-refractivity contribution in [2.24, 2.45) is 5.92 Å². The molecule has 2 heterocycles. The molecule has 3 nitrogen and oxygen atoms in total. The van der Waals surface area contributed by atoms with Gasteiger partial charge in [-0.15, -0.1) is 11.3 Å². The summed E-state index contributed by atoms with van der Waals surface area (Å²) >= 11 is 6.78. The number of sulfonamides is 1. The molecule has 0 radical (unpaired) electrons. The third kappa shape index (κ3) is 2.81. The molecule has 1 saturated heterocycles. The van der Waals surface area contributed by atoms with E-state index in [2.05, 4.69) is 0 Å². The molecule has 0 saturated carbocycles. The van der Waals surface area contributed by atoms with Crippen LogP contribution in [-0.4, -0.2) is 32.5 Å². The van der Waals surface area contributed by atoms with Crippen LogP contribution in [0.1, 0.15) is 12.8 Å². The minimum Gasteiger partial charge on any atom is -0.251 e. The zero-order chi connectivity index (χ0) is 12.5. The summed E-state index contributed by atoms with van der Waals surface area (Å²) in [6, 6.07) is 3.07.